The molecule has 17 heavy (non-hydrogen) atoms. The van der Waals surface area contributed by atoms with Gasteiger partial charge in [0.05, 0.1) is 0 Å². The number of rotatable bonds is 12. The molecule has 100 valence electrons. The first kappa shape index (κ1) is 16.7. The van der Waals surface area contributed by atoms with E-state index in [2.05, 4.69) is 38.4 Å². The van der Waals surface area contributed by atoms with Gasteiger partial charge in [-0.3, -0.25) is 0 Å². The SMILES string of the molecule is C=C[Si](C=C)(CCC)CCCCCCCCC. The summed E-state index contributed by atoms with van der Waals surface area (Å²) in [7, 11) is -1.29. The van der Waals surface area contributed by atoms with E-state index in [1.807, 2.05) is 0 Å². The quantitative estimate of drug-likeness (QED) is 0.293. The lowest BCUT2D eigenvalue weighted by Crippen LogP contribution is -2.28. The van der Waals surface area contributed by atoms with Crippen LogP contribution in [-0.2, 0) is 0 Å². The van der Waals surface area contributed by atoms with Crippen LogP contribution in [0.1, 0.15) is 65.2 Å². The van der Waals surface area contributed by atoms with E-state index in [9.17, 15) is 0 Å². The van der Waals surface area contributed by atoms with Crippen LogP contribution < -0.4 is 0 Å². The molecule has 0 saturated heterocycles. The van der Waals surface area contributed by atoms with Crippen LogP contribution in [-0.4, -0.2) is 8.07 Å². The van der Waals surface area contributed by atoms with Crippen LogP contribution in [0.2, 0.25) is 12.1 Å². The highest BCUT2D eigenvalue weighted by molar-refractivity contribution is 6.88. The third-order valence-electron chi connectivity index (χ3n) is 3.77. The Morgan fingerprint density at radius 1 is 0.706 bits per heavy atom. The highest BCUT2D eigenvalue weighted by atomic mass is 28.3. The molecule has 0 aromatic heterocycles. The molecule has 0 bridgehead atoms. The van der Waals surface area contributed by atoms with E-state index in [0.717, 1.165) is 0 Å². The van der Waals surface area contributed by atoms with Crippen molar-refractivity contribution in [1.82, 2.24) is 0 Å². The van der Waals surface area contributed by atoms with Gasteiger partial charge in [-0.25, -0.2) is 0 Å². The summed E-state index contributed by atoms with van der Waals surface area (Å²) in [5.74, 6) is 0. The molecule has 0 nitrogen and oxygen atoms in total. The first-order chi connectivity index (χ1) is 8.24. The fourth-order valence-corrected chi connectivity index (χ4v) is 5.57. The van der Waals surface area contributed by atoms with Gasteiger partial charge in [-0.2, -0.15) is 0 Å². The summed E-state index contributed by atoms with van der Waals surface area (Å²) in [6, 6.07) is 2.72. The molecule has 0 aliphatic heterocycles. The maximum absolute atomic E-state index is 4.05. The zero-order valence-corrected chi connectivity index (χ0v) is 13.1. The van der Waals surface area contributed by atoms with Gasteiger partial charge >= 0.3 is 0 Å². The summed E-state index contributed by atoms with van der Waals surface area (Å²) in [6.07, 6.45) is 11.1. The third kappa shape index (κ3) is 7.59. The largest absolute Gasteiger partial charge is 0.107 e. The molecule has 0 rings (SSSR count). The molecule has 0 fully saturated rings. The third-order valence-corrected chi connectivity index (χ3v) is 8.12. The Morgan fingerprint density at radius 3 is 1.71 bits per heavy atom. The number of hydrogen-bond donors (Lipinski definition) is 0. The summed E-state index contributed by atoms with van der Waals surface area (Å²) < 4.78 is 0. The van der Waals surface area contributed by atoms with Crippen molar-refractivity contribution >= 4 is 8.07 Å². The van der Waals surface area contributed by atoms with Gasteiger partial charge in [-0.1, -0.05) is 88.7 Å². The summed E-state index contributed by atoms with van der Waals surface area (Å²) in [4.78, 5) is 0. The van der Waals surface area contributed by atoms with E-state index in [1.54, 1.807) is 0 Å². The second-order valence-electron chi connectivity index (χ2n) is 5.26. The molecule has 0 atom stereocenters. The van der Waals surface area contributed by atoms with Crippen molar-refractivity contribution in [3.05, 3.63) is 24.6 Å². The molecule has 1 heteroatoms. The highest BCUT2D eigenvalue weighted by Gasteiger charge is 2.23. The summed E-state index contributed by atoms with van der Waals surface area (Å²) in [5.41, 5.74) is 4.50. The Morgan fingerprint density at radius 2 is 1.24 bits per heavy atom. The predicted octanol–water partition coefficient (Wildman–Crippen LogP) is 6.05. The van der Waals surface area contributed by atoms with Crippen molar-refractivity contribution in [2.45, 2.75) is 77.3 Å². The average molecular weight is 253 g/mol. The maximum Gasteiger partial charge on any atom is 0.100 e. The smallest absolute Gasteiger partial charge is 0.100 e. The molecule has 0 aliphatic carbocycles. The fourth-order valence-electron chi connectivity index (χ4n) is 2.49. The van der Waals surface area contributed by atoms with Gasteiger partial charge < -0.3 is 0 Å². The van der Waals surface area contributed by atoms with Gasteiger partial charge in [0.2, 0.25) is 0 Å². The Balaban J connectivity index is 3.68. The van der Waals surface area contributed by atoms with E-state index in [0.29, 0.717) is 0 Å². The average Bonchev–Trinajstić information content (AvgIpc) is 2.36. The number of hydrogen-bond acceptors (Lipinski definition) is 0. The second kappa shape index (κ2) is 10.8. The van der Waals surface area contributed by atoms with Gasteiger partial charge in [-0.05, 0) is 0 Å². The maximum atomic E-state index is 4.05. The summed E-state index contributed by atoms with van der Waals surface area (Å²) in [5, 5.41) is 0. The summed E-state index contributed by atoms with van der Waals surface area (Å²) >= 11 is 0. The van der Waals surface area contributed by atoms with Crippen LogP contribution in [0.25, 0.3) is 0 Å². The molecular formula is C16H32Si. The molecule has 0 radical (unpaired) electrons. The van der Waals surface area contributed by atoms with Crippen molar-refractivity contribution < 1.29 is 0 Å². The topological polar surface area (TPSA) is 0 Å². The molecule has 0 aromatic carbocycles. The standard InChI is InChI=1S/C16H32Si/c1-5-9-10-11-12-13-14-16-17(7-3,8-4)15-6-2/h7-8H,3-6,9-16H2,1-2H3. The molecule has 0 heterocycles. The predicted molar refractivity (Wildman–Crippen MR) is 84.0 cm³/mol. The zero-order valence-electron chi connectivity index (χ0n) is 12.1. The van der Waals surface area contributed by atoms with E-state index < -0.39 is 8.07 Å². The van der Waals surface area contributed by atoms with Crippen LogP contribution in [0.15, 0.2) is 24.6 Å². The first-order valence-electron chi connectivity index (χ1n) is 7.52. The molecule has 0 amide bonds. The van der Waals surface area contributed by atoms with Crippen molar-refractivity contribution in [2.75, 3.05) is 0 Å². The second-order valence-corrected chi connectivity index (χ2v) is 9.55. The van der Waals surface area contributed by atoms with Crippen molar-refractivity contribution in [3.63, 3.8) is 0 Å². The summed E-state index contributed by atoms with van der Waals surface area (Å²) in [6.45, 7) is 12.7. The lowest BCUT2D eigenvalue weighted by molar-refractivity contribution is 0.600. The van der Waals surface area contributed by atoms with Gasteiger partial charge in [0.1, 0.15) is 8.07 Å². The monoisotopic (exact) mass is 252 g/mol. The Kier molecular flexibility index (Phi) is 10.6. The first-order valence-corrected chi connectivity index (χ1v) is 10.1. The van der Waals surface area contributed by atoms with Crippen LogP contribution in [0.3, 0.4) is 0 Å². The molecular weight excluding hydrogens is 220 g/mol. The van der Waals surface area contributed by atoms with Crippen molar-refractivity contribution in [2.24, 2.45) is 0 Å². The van der Waals surface area contributed by atoms with Crippen molar-refractivity contribution in [1.29, 1.82) is 0 Å². The lowest BCUT2D eigenvalue weighted by Gasteiger charge is -2.23. The minimum atomic E-state index is -1.29. The van der Waals surface area contributed by atoms with E-state index in [1.165, 1.54) is 63.5 Å². The Bertz CT molecular complexity index is 188. The zero-order chi connectivity index (χ0) is 13.0. The van der Waals surface area contributed by atoms with Gasteiger partial charge in [0.15, 0.2) is 0 Å². The van der Waals surface area contributed by atoms with E-state index in [4.69, 9.17) is 0 Å². The van der Waals surface area contributed by atoms with Crippen LogP contribution in [0.4, 0.5) is 0 Å². The van der Waals surface area contributed by atoms with Crippen LogP contribution >= 0.6 is 0 Å². The molecule has 0 spiro atoms. The van der Waals surface area contributed by atoms with Crippen LogP contribution in [0.5, 0.6) is 0 Å². The molecule has 0 saturated carbocycles. The lowest BCUT2D eigenvalue weighted by atomic mass is 10.1. The molecule has 0 aromatic rings. The van der Waals surface area contributed by atoms with E-state index in [-0.39, 0.29) is 0 Å². The molecule has 0 N–H and O–H groups in total. The molecule has 0 unspecified atom stereocenters. The van der Waals surface area contributed by atoms with Crippen LogP contribution in [0, 0.1) is 0 Å². The highest BCUT2D eigenvalue weighted by Crippen LogP contribution is 2.23. The molecule has 0 aliphatic rings. The Labute approximate surface area is 110 Å². The Hall–Kier alpha value is -0.303. The van der Waals surface area contributed by atoms with Crippen molar-refractivity contribution in [3.8, 4) is 0 Å². The van der Waals surface area contributed by atoms with E-state index >= 15 is 0 Å². The normalized spacial score (nSPS) is 11.4. The minimum absolute atomic E-state index is 1.28. The number of unbranched alkanes of at least 4 members (excludes halogenated alkanes) is 6. The minimum Gasteiger partial charge on any atom is -0.107 e. The van der Waals surface area contributed by atoms with Gasteiger partial charge in [0.25, 0.3) is 0 Å². The van der Waals surface area contributed by atoms with Gasteiger partial charge in [0, 0.05) is 0 Å². The fraction of sp³-hybridized carbons (Fsp3) is 0.750. The van der Waals surface area contributed by atoms with Gasteiger partial charge in [-0.15, -0.1) is 13.2 Å².